The van der Waals surface area contributed by atoms with Crippen molar-refractivity contribution in [1.29, 1.82) is 0 Å². The lowest BCUT2D eigenvalue weighted by Gasteiger charge is -2.32. The molecule has 0 bridgehead atoms. The van der Waals surface area contributed by atoms with Crippen LogP contribution in [0.3, 0.4) is 0 Å². The third-order valence-corrected chi connectivity index (χ3v) is 3.36. The Morgan fingerprint density at radius 2 is 2.17 bits per heavy atom. The van der Waals surface area contributed by atoms with Crippen LogP contribution in [0.25, 0.3) is 0 Å². The van der Waals surface area contributed by atoms with Crippen molar-refractivity contribution in [3.63, 3.8) is 0 Å². The average Bonchev–Trinajstić information content (AvgIpc) is 2.41. The summed E-state index contributed by atoms with van der Waals surface area (Å²) in [5.41, 5.74) is 6.67. The highest BCUT2D eigenvalue weighted by molar-refractivity contribution is 5.39. The van der Waals surface area contributed by atoms with Crippen molar-refractivity contribution in [2.75, 3.05) is 31.1 Å². The number of ether oxygens (including phenoxy) is 1. The van der Waals surface area contributed by atoms with Crippen molar-refractivity contribution >= 4 is 5.82 Å². The number of nitrogens with two attached hydrogens (primary N) is 1. The second-order valence-electron chi connectivity index (χ2n) is 4.89. The van der Waals surface area contributed by atoms with Gasteiger partial charge in [-0.05, 0) is 44.4 Å². The number of nitrogens with zero attached hydrogens (tertiary/aromatic N) is 2. The smallest absolute Gasteiger partial charge is 0.128 e. The number of aromatic nitrogens is 1. The normalized spacial score (nSPS) is 17.1. The minimum atomic E-state index is 0.401. The fourth-order valence-electron chi connectivity index (χ4n) is 2.23. The SMILES string of the molecule is Cc1ccc(N2CCC(OCCCN)CC2)nc1. The minimum Gasteiger partial charge on any atom is -0.378 e. The van der Waals surface area contributed by atoms with Crippen LogP contribution in [0, 0.1) is 6.92 Å². The van der Waals surface area contributed by atoms with E-state index in [2.05, 4.69) is 28.9 Å². The van der Waals surface area contributed by atoms with E-state index in [0.29, 0.717) is 12.6 Å². The summed E-state index contributed by atoms with van der Waals surface area (Å²) in [5, 5.41) is 0. The van der Waals surface area contributed by atoms with Crippen LogP contribution in [0.2, 0.25) is 0 Å². The molecule has 1 aromatic heterocycles. The molecule has 1 aromatic rings. The van der Waals surface area contributed by atoms with E-state index < -0.39 is 0 Å². The van der Waals surface area contributed by atoms with Gasteiger partial charge in [0.1, 0.15) is 5.82 Å². The summed E-state index contributed by atoms with van der Waals surface area (Å²) in [6.07, 6.45) is 5.46. The van der Waals surface area contributed by atoms with Gasteiger partial charge in [-0.3, -0.25) is 0 Å². The van der Waals surface area contributed by atoms with E-state index in [9.17, 15) is 0 Å². The van der Waals surface area contributed by atoms with Gasteiger partial charge in [0, 0.05) is 25.9 Å². The second kappa shape index (κ2) is 6.71. The molecule has 0 spiro atoms. The van der Waals surface area contributed by atoms with Crippen LogP contribution in [0.4, 0.5) is 5.82 Å². The van der Waals surface area contributed by atoms with Crippen LogP contribution in [0.5, 0.6) is 0 Å². The molecule has 2 heterocycles. The Hall–Kier alpha value is -1.13. The first-order valence-electron chi connectivity index (χ1n) is 6.79. The number of hydrogen-bond donors (Lipinski definition) is 1. The van der Waals surface area contributed by atoms with Crippen molar-refractivity contribution in [2.45, 2.75) is 32.3 Å². The Balaban J connectivity index is 1.77. The number of hydrogen-bond acceptors (Lipinski definition) is 4. The molecule has 1 aliphatic heterocycles. The molecule has 2 rings (SSSR count). The predicted molar refractivity (Wildman–Crippen MR) is 73.8 cm³/mol. The Labute approximate surface area is 109 Å². The molecule has 0 saturated carbocycles. The molecule has 0 atom stereocenters. The third kappa shape index (κ3) is 3.68. The summed E-state index contributed by atoms with van der Waals surface area (Å²) in [4.78, 5) is 6.81. The highest BCUT2D eigenvalue weighted by Crippen LogP contribution is 2.19. The van der Waals surface area contributed by atoms with Crippen molar-refractivity contribution < 1.29 is 4.74 Å². The van der Waals surface area contributed by atoms with E-state index in [0.717, 1.165) is 44.8 Å². The highest BCUT2D eigenvalue weighted by Gasteiger charge is 2.20. The minimum absolute atomic E-state index is 0.401. The topological polar surface area (TPSA) is 51.4 Å². The quantitative estimate of drug-likeness (QED) is 0.807. The van der Waals surface area contributed by atoms with Crippen LogP contribution in [0.15, 0.2) is 18.3 Å². The van der Waals surface area contributed by atoms with Gasteiger partial charge in [-0.2, -0.15) is 0 Å². The van der Waals surface area contributed by atoms with Crippen molar-refractivity contribution in [2.24, 2.45) is 5.73 Å². The molecule has 18 heavy (non-hydrogen) atoms. The van der Waals surface area contributed by atoms with Crippen molar-refractivity contribution in [3.05, 3.63) is 23.9 Å². The Kier molecular flexibility index (Phi) is 4.96. The van der Waals surface area contributed by atoms with E-state index in [-0.39, 0.29) is 0 Å². The molecule has 4 nitrogen and oxygen atoms in total. The summed E-state index contributed by atoms with van der Waals surface area (Å²) in [6, 6.07) is 4.22. The van der Waals surface area contributed by atoms with E-state index in [4.69, 9.17) is 10.5 Å². The molecule has 1 fully saturated rings. The zero-order valence-corrected chi connectivity index (χ0v) is 11.1. The highest BCUT2D eigenvalue weighted by atomic mass is 16.5. The number of pyridine rings is 1. The summed E-state index contributed by atoms with van der Waals surface area (Å²) in [5.74, 6) is 1.08. The summed E-state index contributed by atoms with van der Waals surface area (Å²) >= 11 is 0. The van der Waals surface area contributed by atoms with Gasteiger partial charge in [0.15, 0.2) is 0 Å². The molecule has 2 N–H and O–H groups in total. The lowest BCUT2D eigenvalue weighted by atomic mass is 10.1. The molecule has 0 amide bonds. The molecule has 1 aliphatic rings. The number of piperidine rings is 1. The molecule has 4 heteroatoms. The number of aryl methyl sites for hydroxylation is 1. The van der Waals surface area contributed by atoms with Crippen LogP contribution in [0.1, 0.15) is 24.8 Å². The van der Waals surface area contributed by atoms with Crippen LogP contribution < -0.4 is 10.6 Å². The summed E-state index contributed by atoms with van der Waals surface area (Å²) in [6.45, 7) is 5.64. The Morgan fingerprint density at radius 1 is 1.39 bits per heavy atom. The first kappa shape index (κ1) is 13.3. The van der Waals surface area contributed by atoms with E-state index in [1.807, 2.05) is 6.20 Å². The Morgan fingerprint density at radius 3 is 2.78 bits per heavy atom. The van der Waals surface area contributed by atoms with E-state index >= 15 is 0 Å². The van der Waals surface area contributed by atoms with Gasteiger partial charge in [0.25, 0.3) is 0 Å². The monoisotopic (exact) mass is 249 g/mol. The fourth-order valence-corrected chi connectivity index (χ4v) is 2.23. The second-order valence-corrected chi connectivity index (χ2v) is 4.89. The maximum atomic E-state index is 5.80. The molecule has 0 radical (unpaired) electrons. The number of rotatable bonds is 5. The average molecular weight is 249 g/mol. The van der Waals surface area contributed by atoms with Gasteiger partial charge in [0.05, 0.1) is 6.10 Å². The number of anilines is 1. The van der Waals surface area contributed by atoms with Gasteiger partial charge in [0.2, 0.25) is 0 Å². The van der Waals surface area contributed by atoms with Crippen molar-refractivity contribution in [3.8, 4) is 0 Å². The summed E-state index contributed by atoms with van der Waals surface area (Å²) < 4.78 is 5.80. The molecular weight excluding hydrogens is 226 g/mol. The third-order valence-electron chi connectivity index (χ3n) is 3.36. The largest absolute Gasteiger partial charge is 0.378 e. The zero-order chi connectivity index (χ0) is 12.8. The lowest BCUT2D eigenvalue weighted by molar-refractivity contribution is 0.0365. The molecule has 0 aromatic carbocycles. The maximum absolute atomic E-state index is 5.80. The predicted octanol–water partition coefficient (Wildman–Crippen LogP) is 1.72. The van der Waals surface area contributed by atoms with E-state index in [1.165, 1.54) is 5.56 Å². The first-order chi connectivity index (χ1) is 8.79. The molecule has 0 aliphatic carbocycles. The zero-order valence-electron chi connectivity index (χ0n) is 11.1. The maximum Gasteiger partial charge on any atom is 0.128 e. The van der Waals surface area contributed by atoms with E-state index in [1.54, 1.807) is 0 Å². The Bertz CT molecular complexity index is 345. The van der Waals surface area contributed by atoms with Gasteiger partial charge in [-0.15, -0.1) is 0 Å². The van der Waals surface area contributed by atoms with Crippen molar-refractivity contribution in [1.82, 2.24) is 4.98 Å². The standard InChI is InChI=1S/C14H23N3O/c1-12-3-4-14(16-11-12)17-8-5-13(6-9-17)18-10-2-7-15/h3-4,11,13H,2,5-10,15H2,1H3. The van der Waals surface area contributed by atoms with Crippen LogP contribution in [-0.4, -0.2) is 37.3 Å². The van der Waals surface area contributed by atoms with Gasteiger partial charge < -0.3 is 15.4 Å². The summed E-state index contributed by atoms with van der Waals surface area (Å²) in [7, 11) is 0. The fraction of sp³-hybridized carbons (Fsp3) is 0.643. The van der Waals surface area contributed by atoms with Gasteiger partial charge in [-0.1, -0.05) is 6.07 Å². The molecular formula is C14H23N3O. The van der Waals surface area contributed by atoms with Gasteiger partial charge >= 0.3 is 0 Å². The molecule has 100 valence electrons. The van der Waals surface area contributed by atoms with Crippen LogP contribution in [-0.2, 0) is 4.74 Å². The lowest BCUT2D eigenvalue weighted by Crippen LogP contribution is -2.37. The van der Waals surface area contributed by atoms with Gasteiger partial charge in [-0.25, -0.2) is 4.98 Å². The molecule has 0 unspecified atom stereocenters. The van der Waals surface area contributed by atoms with Crippen LogP contribution >= 0.6 is 0 Å². The first-order valence-corrected chi connectivity index (χ1v) is 6.79. The molecule has 1 saturated heterocycles.